The average Bonchev–Trinajstić information content (AvgIpc) is 3.40. The minimum absolute atomic E-state index is 0.0461. The van der Waals surface area contributed by atoms with E-state index in [4.69, 9.17) is 4.42 Å². The standard InChI is InChI=1S/C22H15BrN4O4S/c23-17-8-6-15(7-9-17)13-24-25-22-26(14-19-5-2-10-31-19)21(28)20(32-22)12-16-3-1-4-18(11-16)27(29)30/h1-13H,14H2/b20-12-,24-13-,25-22+. The number of thioether (sulfide) groups is 1. The molecule has 3 aromatic rings. The molecule has 1 saturated heterocycles. The second kappa shape index (κ2) is 9.75. The summed E-state index contributed by atoms with van der Waals surface area (Å²) in [5.41, 5.74) is 1.36. The third kappa shape index (κ3) is 5.21. The Morgan fingerprint density at radius 2 is 1.94 bits per heavy atom. The molecule has 2 aromatic carbocycles. The molecule has 1 aromatic heterocycles. The van der Waals surface area contributed by atoms with Crippen LogP contribution >= 0.6 is 27.7 Å². The number of benzene rings is 2. The molecule has 0 radical (unpaired) electrons. The van der Waals surface area contributed by atoms with E-state index >= 15 is 0 Å². The summed E-state index contributed by atoms with van der Waals surface area (Å²) in [6.07, 6.45) is 4.74. The Labute approximate surface area is 195 Å². The van der Waals surface area contributed by atoms with Gasteiger partial charge in [0.25, 0.3) is 11.6 Å². The van der Waals surface area contributed by atoms with Crippen molar-refractivity contribution >= 4 is 56.7 Å². The molecular formula is C22H15BrN4O4S. The van der Waals surface area contributed by atoms with E-state index < -0.39 is 4.92 Å². The predicted octanol–water partition coefficient (Wildman–Crippen LogP) is 5.46. The van der Waals surface area contributed by atoms with Crippen molar-refractivity contribution in [1.29, 1.82) is 0 Å². The van der Waals surface area contributed by atoms with Crippen LogP contribution in [0.3, 0.4) is 0 Å². The monoisotopic (exact) mass is 510 g/mol. The number of carbonyl (C=O) groups is 1. The quantitative estimate of drug-likeness (QED) is 0.189. The maximum Gasteiger partial charge on any atom is 0.270 e. The summed E-state index contributed by atoms with van der Waals surface area (Å²) < 4.78 is 6.33. The zero-order valence-corrected chi connectivity index (χ0v) is 18.8. The van der Waals surface area contributed by atoms with Crippen molar-refractivity contribution in [3.05, 3.63) is 103 Å². The van der Waals surface area contributed by atoms with Gasteiger partial charge in [-0.25, -0.2) is 0 Å². The second-order valence-electron chi connectivity index (χ2n) is 6.61. The van der Waals surface area contributed by atoms with Crippen molar-refractivity contribution in [3.8, 4) is 0 Å². The zero-order chi connectivity index (χ0) is 22.5. The summed E-state index contributed by atoms with van der Waals surface area (Å²) in [6, 6.07) is 17.2. The molecule has 0 saturated carbocycles. The van der Waals surface area contributed by atoms with Crippen molar-refractivity contribution in [2.45, 2.75) is 6.54 Å². The highest BCUT2D eigenvalue weighted by atomic mass is 79.9. The lowest BCUT2D eigenvalue weighted by atomic mass is 10.2. The van der Waals surface area contributed by atoms with Gasteiger partial charge in [0.2, 0.25) is 0 Å². The summed E-state index contributed by atoms with van der Waals surface area (Å²) in [6.45, 7) is 0.192. The van der Waals surface area contributed by atoms with E-state index in [1.807, 2.05) is 24.3 Å². The minimum atomic E-state index is -0.474. The molecule has 2 heterocycles. The highest BCUT2D eigenvalue weighted by Crippen LogP contribution is 2.34. The first-order valence-electron chi connectivity index (χ1n) is 9.34. The Morgan fingerprint density at radius 3 is 2.66 bits per heavy atom. The second-order valence-corrected chi connectivity index (χ2v) is 8.54. The number of rotatable bonds is 6. The van der Waals surface area contributed by atoms with Gasteiger partial charge in [-0.15, -0.1) is 5.10 Å². The molecule has 0 spiro atoms. The number of amides is 1. The Hall–Kier alpha value is -3.50. The number of hydrogen-bond acceptors (Lipinski definition) is 7. The fourth-order valence-corrected chi connectivity index (χ4v) is 4.05. The molecule has 1 amide bonds. The number of nitrogens with zero attached hydrogens (tertiary/aromatic N) is 4. The third-order valence-corrected chi connectivity index (χ3v) is 5.91. The van der Waals surface area contributed by atoms with Crippen molar-refractivity contribution < 1.29 is 14.1 Å². The van der Waals surface area contributed by atoms with Gasteiger partial charge in [0.1, 0.15) is 5.76 Å². The molecule has 160 valence electrons. The lowest BCUT2D eigenvalue weighted by molar-refractivity contribution is -0.384. The molecule has 0 N–H and O–H groups in total. The fourth-order valence-electron chi connectivity index (χ4n) is 2.85. The van der Waals surface area contributed by atoms with E-state index in [0.29, 0.717) is 21.4 Å². The number of nitro benzene ring substituents is 1. The number of hydrogen-bond donors (Lipinski definition) is 0. The van der Waals surface area contributed by atoms with Gasteiger partial charge in [-0.1, -0.05) is 40.2 Å². The van der Waals surface area contributed by atoms with Gasteiger partial charge in [-0.2, -0.15) is 5.10 Å². The SMILES string of the molecule is O=C1/C(=C/c2cccc([N+](=O)[O-])c2)S/C(=N/N=C\c2ccc(Br)cc2)N1Cc1ccco1. The number of carbonyl (C=O) groups excluding carboxylic acids is 1. The summed E-state index contributed by atoms with van der Waals surface area (Å²) in [4.78, 5) is 25.5. The van der Waals surface area contributed by atoms with Crippen molar-refractivity contribution in [3.63, 3.8) is 0 Å². The van der Waals surface area contributed by atoms with Crippen LogP contribution in [0.1, 0.15) is 16.9 Å². The van der Waals surface area contributed by atoms with Gasteiger partial charge in [-0.3, -0.25) is 19.8 Å². The molecule has 8 nitrogen and oxygen atoms in total. The number of nitro groups is 1. The topological polar surface area (TPSA) is 101 Å². The predicted molar refractivity (Wildman–Crippen MR) is 127 cm³/mol. The summed E-state index contributed by atoms with van der Waals surface area (Å²) in [5, 5.41) is 19.8. The van der Waals surface area contributed by atoms with E-state index in [1.54, 1.807) is 36.6 Å². The summed E-state index contributed by atoms with van der Waals surface area (Å²) in [5.74, 6) is 0.315. The Balaban J connectivity index is 1.62. The Morgan fingerprint density at radius 1 is 1.12 bits per heavy atom. The molecule has 1 aliphatic rings. The van der Waals surface area contributed by atoms with Crippen LogP contribution in [0, 0.1) is 10.1 Å². The fraction of sp³-hybridized carbons (Fsp3) is 0.0455. The van der Waals surface area contributed by atoms with Crippen LogP contribution in [0.15, 0.2) is 90.9 Å². The van der Waals surface area contributed by atoms with Crippen LogP contribution in [-0.4, -0.2) is 27.1 Å². The molecule has 10 heteroatoms. The van der Waals surface area contributed by atoms with Gasteiger partial charge in [0.05, 0.1) is 28.9 Å². The zero-order valence-electron chi connectivity index (χ0n) is 16.4. The third-order valence-electron chi connectivity index (χ3n) is 4.38. The smallest absolute Gasteiger partial charge is 0.270 e. The van der Waals surface area contributed by atoms with E-state index in [0.717, 1.165) is 21.8 Å². The molecule has 32 heavy (non-hydrogen) atoms. The van der Waals surface area contributed by atoms with Crippen LogP contribution in [-0.2, 0) is 11.3 Å². The average molecular weight is 511 g/mol. The summed E-state index contributed by atoms with van der Waals surface area (Å²) >= 11 is 4.53. The largest absolute Gasteiger partial charge is 0.467 e. The van der Waals surface area contributed by atoms with Crippen molar-refractivity contribution in [2.24, 2.45) is 10.2 Å². The number of halogens is 1. The van der Waals surface area contributed by atoms with E-state index in [1.165, 1.54) is 23.3 Å². The van der Waals surface area contributed by atoms with Crippen molar-refractivity contribution in [2.75, 3.05) is 0 Å². The van der Waals surface area contributed by atoms with Gasteiger partial charge in [0.15, 0.2) is 5.17 Å². The lowest BCUT2D eigenvalue weighted by Crippen LogP contribution is -2.28. The Kier molecular flexibility index (Phi) is 6.62. The van der Waals surface area contributed by atoms with Gasteiger partial charge < -0.3 is 4.42 Å². The van der Waals surface area contributed by atoms with E-state index in [-0.39, 0.29) is 18.1 Å². The molecule has 0 unspecified atom stereocenters. The molecule has 1 aliphatic heterocycles. The van der Waals surface area contributed by atoms with Gasteiger partial charge in [-0.05, 0) is 53.2 Å². The molecule has 4 rings (SSSR count). The van der Waals surface area contributed by atoms with Crippen LogP contribution in [0.2, 0.25) is 0 Å². The number of furan rings is 1. The first kappa shape index (κ1) is 21.7. The molecular weight excluding hydrogens is 496 g/mol. The molecule has 0 bridgehead atoms. The minimum Gasteiger partial charge on any atom is -0.467 e. The molecule has 0 atom stereocenters. The van der Waals surface area contributed by atoms with E-state index in [2.05, 4.69) is 26.1 Å². The van der Waals surface area contributed by atoms with Crippen LogP contribution in [0.4, 0.5) is 5.69 Å². The van der Waals surface area contributed by atoms with Crippen molar-refractivity contribution in [1.82, 2.24) is 4.90 Å². The van der Waals surface area contributed by atoms with Gasteiger partial charge in [0, 0.05) is 16.6 Å². The first-order valence-corrected chi connectivity index (χ1v) is 11.0. The summed E-state index contributed by atoms with van der Waals surface area (Å²) in [7, 11) is 0. The maximum absolute atomic E-state index is 13.1. The highest BCUT2D eigenvalue weighted by Gasteiger charge is 2.34. The van der Waals surface area contributed by atoms with Gasteiger partial charge >= 0.3 is 0 Å². The van der Waals surface area contributed by atoms with E-state index in [9.17, 15) is 14.9 Å². The Bertz CT molecular complexity index is 1240. The maximum atomic E-state index is 13.1. The molecule has 0 aliphatic carbocycles. The number of non-ortho nitro benzene ring substituents is 1. The van der Waals surface area contributed by atoms with Crippen LogP contribution in [0.25, 0.3) is 6.08 Å². The normalized spacial score (nSPS) is 16.5. The molecule has 1 fully saturated rings. The lowest BCUT2D eigenvalue weighted by Gasteiger charge is -2.12. The highest BCUT2D eigenvalue weighted by molar-refractivity contribution is 9.10. The van der Waals surface area contributed by atoms with Crippen LogP contribution < -0.4 is 0 Å². The van der Waals surface area contributed by atoms with Crippen LogP contribution in [0.5, 0.6) is 0 Å². The first-order chi connectivity index (χ1) is 15.5. The number of amidine groups is 1.